The second-order valence-electron chi connectivity index (χ2n) is 3.46. The van der Waals surface area contributed by atoms with Gasteiger partial charge in [-0.2, -0.15) is 0 Å². The Labute approximate surface area is 85.1 Å². The van der Waals surface area contributed by atoms with E-state index in [4.69, 9.17) is 11.6 Å². The molecule has 0 amide bonds. The van der Waals surface area contributed by atoms with Crippen molar-refractivity contribution in [3.05, 3.63) is 0 Å². The summed E-state index contributed by atoms with van der Waals surface area (Å²) in [6.45, 7) is 0.417. The summed E-state index contributed by atoms with van der Waals surface area (Å²) in [5.74, 6) is 0.364. The van der Waals surface area contributed by atoms with Gasteiger partial charge < -0.3 is 0 Å². The molecule has 0 aromatic carbocycles. The predicted octanol–water partition coefficient (Wildman–Crippen LogP) is 1.43. The standard InChI is InChI=1S/C8H16ClNO2S/c1-10(7-6-9)13(11,12)8-4-2-3-5-8/h8H,2-7H2,1H3. The van der Waals surface area contributed by atoms with Gasteiger partial charge in [-0.3, -0.25) is 0 Å². The third-order valence-electron chi connectivity index (χ3n) is 2.56. The summed E-state index contributed by atoms with van der Waals surface area (Å²) in [7, 11) is -1.44. The van der Waals surface area contributed by atoms with Crippen molar-refractivity contribution in [3.63, 3.8) is 0 Å². The molecule has 0 heterocycles. The molecule has 0 bridgehead atoms. The lowest BCUT2D eigenvalue weighted by Gasteiger charge is -2.20. The van der Waals surface area contributed by atoms with Gasteiger partial charge in [0.2, 0.25) is 10.0 Å². The van der Waals surface area contributed by atoms with Crippen molar-refractivity contribution in [2.24, 2.45) is 0 Å². The lowest BCUT2D eigenvalue weighted by Crippen LogP contribution is -2.35. The summed E-state index contributed by atoms with van der Waals surface area (Å²) >= 11 is 5.50. The molecule has 0 aromatic rings. The van der Waals surface area contributed by atoms with Crippen molar-refractivity contribution in [2.45, 2.75) is 30.9 Å². The zero-order valence-corrected chi connectivity index (χ0v) is 9.44. The van der Waals surface area contributed by atoms with E-state index in [0.717, 1.165) is 25.7 Å². The molecule has 5 heteroatoms. The lowest BCUT2D eigenvalue weighted by atomic mass is 10.4. The highest BCUT2D eigenvalue weighted by molar-refractivity contribution is 7.89. The van der Waals surface area contributed by atoms with Crippen LogP contribution in [0.15, 0.2) is 0 Å². The highest BCUT2D eigenvalue weighted by Crippen LogP contribution is 2.26. The number of hydrogen-bond donors (Lipinski definition) is 0. The third-order valence-corrected chi connectivity index (χ3v) is 5.09. The summed E-state index contributed by atoms with van der Waals surface area (Å²) in [6, 6.07) is 0. The molecule has 0 aromatic heterocycles. The van der Waals surface area contributed by atoms with Gasteiger partial charge in [0.25, 0.3) is 0 Å². The van der Waals surface area contributed by atoms with Gasteiger partial charge in [-0.15, -0.1) is 11.6 Å². The van der Waals surface area contributed by atoms with Gasteiger partial charge in [0, 0.05) is 19.5 Å². The monoisotopic (exact) mass is 225 g/mol. The molecule has 0 spiro atoms. The first kappa shape index (κ1) is 11.3. The van der Waals surface area contributed by atoms with Gasteiger partial charge in [0.1, 0.15) is 0 Å². The Bertz CT molecular complexity index is 247. The molecule has 1 aliphatic carbocycles. The van der Waals surface area contributed by atoms with Crippen molar-refractivity contribution < 1.29 is 8.42 Å². The molecule has 0 unspecified atom stereocenters. The molecule has 13 heavy (non-hydrogen) atoms. The second-order valence-corrected chi connectivity index (χ2v) is 6.16. The molecule has 3 nitrogen and oxygen atoms in total. The van der Waals surface area contributed by atoms with Crippen LogP contribution in [0.5, 0.6) is 0 Å². The second kappa shape index (κ2) is 4.62. The molecule has 0 atom stereocenters. The molecule has 1 fully saturated rings. The minimum Gasteiger partial charge on any atom is -0.212 e. The van der Waals surface area contributed by atoms with Gasteiger partial charge in [-0.25, -0.2) is 12.7 Å². The highest BCUT2D eigenvalue weighted by atomic mass is 35.5. The Morgan fingerprint density at radius 2 is 1.92 bits per heavy atom. The van der Waals surface area contributed by atoms with Crippen LogP contribution in [0.25, 0.3) is 0 Å². The fourth-order valence-electron chi connectivity index (χ4n) is 1.69. The van der Waals surface area contributed by atoms with E-state index in [0.29, 0.717) is 12.4 Å². The Kier molecular flexibility index (Phi) is 4.01. The predicted molar refractivity (Wildman–Crippen MR) is 54.5 cm³/mol. The Hall–Kier alpha value is 0.200. The molecule has 78 valence electrons. The number of halogens is 1. The zero-order valence-electron chi connectivity index (χ0n) is 7.87. The molecular weight excluding hydrogens is 210 g/mol. The topological polar surface area (TPSA) is 37.4 Å². The number of rotatable bonds is 4. The van der Waals surface area contributed by atoms with Crippen LogP contribution >= 0.6 is 11.6 Å². The van der Waals surface area contributed by atoms with Gasteiger partial charge >= 0.3 is 0 Å². The number of alkyl halides is 1. The number of nitrogens with zero attached hydrogens (tertiary/aromatic N) is 1. The molecule has 0 radical (unpaired) electrons. The van der Waals surface area contributed by atoms with E-state index in [9.17, 15) is 8.42 Å². The first-order chi connectivity index (χ1) is 6.09. The van der Waals surface area contributed by atoms with Gasteiger partial charge in [0.15, 0.2) is 0 Å². The van der Waals surface area contributed by atoms with E-state index in [1.54, 1.807) is 7.05 Å². The van der Waals surface area contributed by atoms with Crippen LogP contribution in [0.4, 0.5) is 0 Å². The van der Waals surface area contributed by atoms with Gasteiger partial charge in [-0.1, -0.05) is 12.8 Å². The smallest absolute Gasteiger partial charge is 0.212 e. The molecular formula is C8H16ClNO2S. The molecule has 1 rings (SSSR count). The summed E-state index contributed by atoms with van der Waals surface area (Å²) < 4.78 is 25.0. The molecule has 1 saturated carbocycles. The Morgan fingerprint density at radius 3 is 2.38 bits per heavy atom. The maximum absolute atomic E-state index is 11.8. The van der Waals surface area contributed by atoms with E-state index in [1.165, 1.54) is 4.31 Å². The average molecular weight is 226 g/mol. The quantitative estimate of drug-likeness (QED) is 0.679. The zero-order chi connectivity index (χ0) is 9.90. The van der Waals surface area contributed by atoms with Crippen LogP contribution in [0.3, 0.4) is 0 Å². The van der Waals surface area contributed by atoms with Crippen molar-refractivity contribution in [1.82, 2.24) is 4.31 Å². The minimum absolute atomic E-state index is 0.152. The van der Waals surface area contributed by atoms with Crippen LogP contribution in [0.1, 0.15) is 25.7 Å². The minimum atomic E-state index is -3.05. The highest BCUT2D eigenvalue weighted by Gasteiger charge is 2.31. The molecule has 1 aliphatic rings. The van der Waals surface area contributed by atoms with E-state index >= 15 is 0 Å². The first-order valence-electron chi connectivity index (χ1n) is 4.60. The van der Waals surface area contributed by atoms with Crippen LogP contribution in [0, 0.1) is 0 Å². The fraction of sp³-hybridized carbons (Fsp3) is 1.00. The largest absolute Gasteiger partial charge is 0.216 e. The van der Waals surface area contributed by atoms with Crippen LogP contribution < -0.4 is 0 Å². The number of hydrogen-bond acceptors (Lipinski definition) is 2. The average Bonchev–Trinajstić information content (AvgIpc) is 2.56. The van der Waals surface area contributed by atoms with E-state index in [2.05, 4.69) is 0 Å². The van der Waals surface area contributed by atoms with Gasteiger partial charge in [-0.05, 0) is 12.8 Å². The van der Waals surface area contributed by atoms with Crippen molar-refractivity contribution in [2.75, 3.05) is 19.5 Å². The first-order valence-corrected chi connectivity index (χ1v) is 6.64. The maximum Gasteiger partial charge on any atom is 0.216 e. The Morgan fingerprint density at radius 1 is 1.38 bits per heavy atom. The Balaban J connectivity index is 2.63. The summed E-state index contributed by atoms with van der Waals surface area (Å²) in [5.41, 5.74) is 0. The van der Waals surface area contributed by atoms with Crippen molar-refractivity contribution >= 4 is 21.6 Å². The summed E-state index contributed by atoms with van der Waals surface area (Å²) in [5, 5.41) is -0.152. The molecule has 0 aliphatic heterocycles. The lowest BCUT2D eigenvalue weighted by molar-refractivity contribution is 0.474. The number of sulfonamides is 1. The maximum atomic E-state index is 11.8. The fourth-order valence-corrected chi connectivity index (χ4v) is 3.82. The summed E-state index contributed by atoms with van der Waals surface area (Å²) in [6.07, 6.45) is 3.71. The summed E-state index contributed by atoms with van der Waals surface area (Å²) in [4.78, 5) is 0. The third kappa shape index (κ3) is 2.58. The molecule has 0 saturated heterocycles. The SMILES string of the molecule is CN(CCCl)S(=O)(=O)C1CCCC1. The van der Waals surface area contributed by atoms with E-state index in [1.807, 2.05) is 0 Å². The van der Waals surface area contributed by atoms with Crippen molar-refractivity contribution in [1.29, 1.82) is 0 Å². The van der Waals surface area contributed by atoms with Gasteiger partial charge in [0.05, 0.1) is 5.25 Å². The normalized spacial score (nSPS) is 19.9. The van der Waals surface area contributed by atoms with E-state index in [-0.39, 0.29) is 5.25 Å². The van der Waals surface area contributed by atoms with E-state index < -0.39 is 10.0 Å². The van der Waals surface area contributed by atoms with Crippen LogP contribution in [-0.2, 0) is 10.0 Å². The van der Waals surface area contributed by atoms with Crippen molar-refractivity contribution in [3.8, 4) is 0 Å². The molecule has 0 N–H and O–H groups in total. The van der Waals surface area contributed by atoms with Crippen LogP contribution in [0.2, 0.25) is 0 Å². The van der Waals surface area contributed by atoms with Crippen LogP contribution in [-0.4, -0.2) is 37.4 Å².